The summed E-state index contributed by atoms with van der Waals surface area (Å²) in [7, 11) is 0. The second-order valence-electron chi connectivity index (χ2n) is 5.37. The summed E-state index contributed by atoms with van der Waals surface area (Å²) in [6.45, 7) is 0.515. The molecule has 1 amide bonds. The number of carbonyl (C=O) groups is 1. The van der Waals surface area contributed by atoms with Crippen molar-refractivity contribution in [3.63, 3.8) is 0 Å². The van der Waals surface area contributed by atoms with Gasteiger partial charge in [-0.05, 0) is 29.3 Å². The normalized spacial score (nSPS) is 10.6. The summed E-state index contributed by atoms with van der Waals surface area (Å²) in [5.74, 6) is 0.379. The van der Waals surface area contributed by atoms with E-state index in [0.717, 1.165) is 11.1 Å². The number of nitrogens with one attached hydrogen (secondary N) is 1. The zero-order valence-corrected chi connectivity index (χ0v) is 14.3. The molecular formula is C18H15Cl2N3O. The van der Waals surface area contributed by atoms with E-state index in [0.29, 0.717) is 29.0 Å². The zero-order chi connectivity index (χ0) is 16.9. The molecule has 3 rings (SSSR count). The largest absolute Gasteiger partial charge is 0.313 e. The molecule has 6 heteroatoms. The number of hydrogen-bond acceptors (Lipinski definition) is 2. The van der Waals surface area contributed by atoms with Gasteiger partial charge in [0.2, 0.25) is 11.9 Å². The highest BCUT2D eigenvalue weighted by molar-refractivity contribution is 6.34. The first-order valence-corrected chi connectivity index (χ1v) is 8.15. The van der Waals surface area contributed by atoms with Crippen LogP contribution in [0.2, 0.25) is 10.0 Å². The summed E-state index contributed by atoms with van der Waals surface area (Å²) in [6, 6.07) is 14.9. The molecule has 1 aromatic heterocycles. The molecule has 0 spiro atoms. The van der Waals surface area contributed by atoms with Crippen LogP contribution in [0, 0.1) is 0 Å². The highest BCUT2D eigenvalue weighted by Crippen LogP contribution is 2.20. The minimum Gasteiger partial charge on any atom is -0.313 e. The van der Waals surface area contributed by atoms with Crippen molar-refractivity contribution in [1.82, 2.24) is 9.55 Å². The van der Waals surface area contributed by atoms with Crippen LogP contribution in [-0.2, 0) is 17.8 Å². The quantitative estimate of drug-likeness (QED) is 0.732. The summed E-state index contributed by atoms with van der Waals surface area (Å²) in [5.41, 5.74) is 1.89. The van der Waals surface area contributed by atoms with Crippen molar-refractivity contribution in [2.24, 2.45) is 0 Å². The predicted molar refractivity (Wildman–Crippen MR) is 96.6 cm³/mol. The SMILES string of the molecule is O=C(Cc1ccccc1)Nc1nccn1Cc1cc(Cl)cc(Cl)c1. The van der Waals surface area contributed by atoms with Crippen LogP contribution in [0.3, 0.4) is 0 Å². The summed E-state index contributed by atoms with van der Waals surface area (Å²) in [6.07, 6.45) is 3.74. The fraction of sp³-hybridized carbons (Fsp3) is 0.111. The molecule has 0 radical (unpaired) electrons. The number of halogens is 2. The zero-order valence-electron chi connectivity index (χ0n) is 12.7. The van der Waals surface area contributed by atoms with Crippen molar-refractivity contribution in [3.8, 4) is 0 Å². The smallest absolute Gasteiger partial charge is 0.231 e. The molecule has 0 saturated carbocycles. The third-order valence-corrected chi connectivity index (χ3v) is 3.89. The average Bonchev–Trinajstić information content (AvgIpc) is 2.94. The lowest BCUT2D eigenvalue weighted by Crippen LogP contribution is -2.18. The number of benzene rings is 2. The molecule has 1 N–H and O–H groups in total. The minimum absolute atomic E-state index is 0.113. The van der Waals surface area contributed by atoms with Crippen LogP contribution in [0.1, 0.15) is 11.1 Å². The van der Waals surface area contributed by atoms with Crippen LogP contribution < -0.4 is 5.32 Å². The lowest BCUT2D eigenvalue weighted by atomic mass is 10.1. The van der Waals surface area contributed by atoms with E-state index in [1.807, 2.05) is 47.0 Å². The molecular weight excluding hydrogens is 345 g/mol. The first-order valence-electron chi connectivity index (χ1n) is 7.40. The number of nitrogens with zero attached hydrogens (tertiary/aromatic N) is 2. The molecule has 0 aliphatic rings. The minimum atomic E-state index is -0.113. The third kappa shape index (κ3) is 4.37. The van der Waals surface area contributed by atoms with Crippen molar-refractivity contribution in [3.05, 3.63) is 82.1 Å². The summed E-state index contributed by atoms with van der Waals surface area (Å²) in [4.78, 5) is 16.4. The molecule has 0 bridgehead atoms. The van der Waals surface area contributed by atoms with E-state index in [2.05, 4.69) is 10.3 Å². The second kappa shape index (κ2) is 7.51. The summed E-state index contributed by atoms with van der Waals surface area (Å²) >= 11 is 12.1. The molecule has 0 aliphatic heterocycles. The van der Waals surface area contributed by atoms with Gasteiger partial charge in [-0.3, -0.25) is 10.1 Å². The molecule has 0 aliphatic carbocycles. The summed E-state index contributed by atoms with van der Waals surface area (Å²) in [5, 5.41) is 3.99. The van der Waals surface area contributed by atoms with E-state index in [9.17, 15) is 4.79 Å². The van der Waals surface area contributed by atoms with Crippen LogP contribution >= 0.6 is 23.2 Å². The monoisotopic (exact) mass is 359 g/mol. The predicted octanol–water partition coefficient (Wildman–Crippen LogP) is 4.42. The number of aromatic nitrogens is 2. The second-order valence-corrected chi connectivity index (χ2v) is 6.24. The number of hydrogen-bond donors (Lipinski definition) is 1. The van der Waals surface area contributed by atoms with E-state index >= 15 is 0 Å². The fourth-order valence-corrected chi connectivity index (χ4v) is 2.98. The molecule has 4 nitrogen and oxygen atoms in total. The standard InChI is InChI=1S/C18H15Cl2N3O/c19-15-8-14(9-16(20)11-15)12-23-7-6-21-18(23)22-17(24)10-13-4-2-1-3-5-13/h1-9,11H,10,12H2,(H,21,22,24). The van der Waals surface area contributed by atoms with Crippen LogP contribution in [-0.4, -0.2) is 15.5 Å². The Balaban J connectivity index is 1.70. The molecule has 24 heavy (non-hydrogen) atoms. The molecule has 122 valence electrons. The maximum Gasteiger partial charge on any atom is 0.231 e. The van der Waals surface area contributed by atoms with Crippen LogP contribution in [0.5, 0.6) is 0 Å². The molecule has 0 atom stereocenters. The fourth-order valence-electron chi connectivity index (χ4n) is 2.41. The van der Waals surface area contributed by atoms with E-state index in [-0.39, 0.29) is 5.91 Å². The van der Waals surface area contributed by atoms with E-state index < -0.39 is 0 Å². The Labute approximate surface area is 150 Å². The Morgan fingerprint density at radius 2 is 1.75 bits per heavy atom. The van der Waals surface area contributed by atoms with E-state index in [1.165, 1.54) is 0 Å². The van der Waals surface area contributed by atoms with Gasteiger partial charge in [-0.1, -0.05) is 53.5 Å². The van der Waals surface area contributed by atoms with Crippen molar-refractivity contribution in [2.75, 3.05) is 5.32 Å². The van der Waals surface area contributed by atoms with Gasteiger partial charge in [-0.25, -0.2) is 4.98 Å². The lowest BCUT2D eigenvalue weighted by Gasteiger charge is -2.10. The number of amides is 1. The van der Waals surface area contributed by atoms with Gasteiger partial charge in [0, 0.05) is 22.4 Å². The maximum atomic E-state index is 12.2. The van der Waals surface area contributed by atoms with E-state index in [4.69, 9.17) is 23.2 Å². The molecule has 1 heterocycles. The van der Waals surface area contributed by atoms with Gasteiger partial charge in [0.25, 0.3) is 0 Å². The van der Waals surface area contributed by atoms with Gasteiger partial charge < -0.3 is 4.57 Å². The van der Waals surface area contributed by atoms with Crippen LogP contribution in [0.4, 0.5) is 5.95 Å². The van der Waals surface area contributed by atoms with Gasteiger partial charge >= 0.3 is 0 Å². The Hall–Kier alpha value is -2.30. The van der Waals surface area contributed by atoms with E-state index in [1.54, 1.807) is 18.5 Å². The Kier molecular flexibility index (Phi) is 5.18. The Morgan fingerprint density at radius 1 is 1.04 bits per heavy atom. The van der Waals surface area contributed by atoms with Gasteiger partial charge in [0.1, 0.15) is 0 Å². The Bertz CT molecular complexity index is 826. The summed E-state index contributed by atoms with van der Waals surface area (Å²) < 4.78 is 1.84. The van der Waals surface area contributed by atoms with Gasteiger partial charge in [-0.2, -0.15) is 0 Å². The number of imidazole rings is 1. The van der Waals surface area contributed by atoms with Gasteiger partial charge in [0.05, 0.1) is 13.0 Å². The van der Waals surface area contributed by atoms with Crippen LogP contribution in [0.25, 0.3) is 0 Å². The van der Waals surface area contributed by atoms with Crippen molar-refractivity contribution < 1.29 is 4.79 Å². The van der Waals surface area contributed by atoms with Crippen molar-refractivity contribution in [1.29, 1.82) is 0 Å². The molecule has 2 aromatic carbocycles. The number of carbonyl (C=O) groups excluding carboxylic acids is 1. The highest BCUT2D eigenvalue weighted by atomic mass is 35.5. The Morgan fingerprint density at radius 3 is 2.46 bits per heavy atom. The highest BCUT2D eigenvalue weighted by Gasteiger charge is 2.09. The third-order valence-electron chi connectivity index (χ3n) is 3.45. The number of rotatable bonds is 5. The molecule has 0 unspecified atom stereocenters. The van der Waals surface area contributed by atoms with Crippen molar-refractivity contribution in [2.45, 2.75) is 13.0 Å². The van der Waals surface area contributed by atoms with Crippen LogP contribution in [0.15, 0.2) is 60.9 Å². The van der Waals surface area contributed by atoms with Crippen molar-refractivity contribution >= 4 is 35.1 Å². The molecule has 3 aromatic rings. The lowest BCUT2D eigenvalue weighted by molar-refractivity contribution is -0.115. The topological polar surface area (TPSA) is 46.9 Å². The average molecular weight is 360 g/mol. The maximum absolute atomic E-state index is 12.2. The first kappa shape index (κ1) is 16.6. The number of anilines is 1. The molecule has 0 fully saturated rings. The van der Waals surface area contributed by atoms with Gasteiger partial charge in [0.15, 0.2) is 0 Å². The van der Waals surface area contributed by atoms with Gasteiger partial charge in [-0.15, -0.1) is 0 Å². The molecule has 0 saturated heterocycles. The first-order chi connectivity index (χ1) is 11.6.